The maximum Gasteiger partial charge on any atom is 0.403 e. The van der Waals surface area contributed by atoms with Crippen molar-refractivity contribution in [2.45, 2.75) is 6.18 Å². The Morgan fingerprint density at radius 3 is 2.37 bits per heavy atom. The van der Waals surface area contributed by atoms with E-state index in [1.54, 1.807) is 0 Å². The number of aliphatic carboxylic acids is 1. The number of nitrogens with one attached hydrogen (secondary N) is 1. The Hall–Kier alpha value is -1.57. The van der Waals surface area contributed by atoms with Crippen LogP contribution in [0.4, 0.5) is 27.6 Å². The number of carboxylic acids is 1. The van der Waals surface area contributed by atoms with Crippen molar-refractivity contribution in [3.8, 4) is 0 Å². The Balaban J connectivity index is 2.90. The molecule has 0 saturated heterocycles. The van der Waals surface area contributed by atoms with Gasteiger partial charge in [0.15, 0.2) is 11.7 Å². The Labute approximate surface area is 109 Å². The van der Waals surface area contributed by atoms with Crippen LogP contribution >= 0.6 is 11.6 Å². The molecule has 1 rings (SSSR count). The lowest BCUT2D eigenvalue weighted by molar-refractivity contribution is -0.190. The SMILES string of the molecule is O=C(O)C(CNc1c(F)cc(F)cc1Cl)C(F)(F)F. The molecular formula is C10H7ClF5NO2. The number of carbonyl (C=O) groups is 1. The highest BCUT2D eigenvalue weighted by Crippen LogP contribution is 2.30. The molecule has 1 aromatic carbocycles. The smallest absolute Gasteiger partial charge is 0.403 e. The quantitative estimate of drug-likeness (QED) is 0.839. The third kappa shape index (κ3) is 3.95. The molecule has 19 heavy (non-hydrogen) atoms. The highest BCUT2D eigenvalue weighted by Gasteiger charge is 2.45. The second kappa shape index (κ2) is 5.60. The minimum Gasteiger partial charge on any atom is -0.481 e. The van der Waals surface area contributed by atoms with E-state index in [-0.39, 0.29) is 0 Å². The number of hydrogen-bond acceptors (Lipinski definition) is 2. The molecule has 0 aliphatic carbocycles. The molecular weight excluding hydrogens is 297 g/mol. The number of benzene rings is 1. The molecule has 3 nitrogen and oxygen atoms in total. The maximum absolute atomic E-state index is 13.2. The molecule has 9 heteroatoms. The Kier molecular flexibility index (Phi) is 4.56. The first-order chi connectivity index (χ1) is 8.62. The molecule has 0 fully saturated rings. The van der Waals surface area contributed by atoms with Crippen LogP contribution in [-0.2, 0) is 4.79 Å². The Morgan fingerprint density at radius 1 is 1.37 bits per heavy atom. The van der Waals surface area contributed by atoms with Gasteiger partial charge in [-0.1, -0.05) is 11.6 Å². The second-order valence-corrected chi connectivity index (χ2v) is 3.96. The molecule has 0 heterocycles. The first kappa shape index (κ1) is 15.5. The molecule has 1 aromatic rings. The average molecular weight is 304 g/mol. The van der Waals surface area contributed by atoms with E-state index in [0.717, 1.165) is 0 Å². The van der Waals surface area contributed by atoms with Gasteiger partial charge in [-0.25, -0.2) is 8.78 Å². The standard InChI is InChI=1S/C10H7ClF5NO2/c11-6-1-4(12)2-7(13)8(6)17-3-5(9(18)19)10(14,15)16/h1-2,5,17H,3H2,(H,18,19). The van der Waals surface area contributed by atoms with Gasteiger partial charge >= 0.3 is 12.1 Å². The summed E-state index contributed by atoms with van der Waals surface area (Å²) in [6.45, 7) is -1.12. The van der Waals surface area contributed by atoms with Gasteiger partial charge in [-0.05, 0) is 6.07 Å². The van der Waals surface area contributed by atoms with Crippen LogP contribution in [0, 0.1) is 17.6 Å². The Bertz CT molecular complexity index is 468. The summed E-state index contributed by atoms with van der Waals surface area (Å²) in [7, 11) is 0. The summed E-state index contributed by atoms with van der Waals surface area (Å²) in [4.78, 5) is 10.4. The second-order valence-electron chi connectivity index (χ2n) is 3.56. The average Bonchev–Trinajstić information content (AvgIpc) is 2.18. The lowest BCUT2D eigenvalue weighted by atomic mass is 10.1. The zero-order valence-corrected chi connectivity index (χ0v) is 9.82. The summed E-state index contributed by atoms with van der Waals surface area (Å²) in [6, 6.07) is 1.11. The lowest BCUT2D eigenvalue weighted by Crippen LogP contribution is -2.36. The molecule has 0 aliphatic heterocycles. The van der Waals surface area contributed by atoms with E-state index in [1.165, 1.54) is 0 Å². The van der Waals surface area contributed by atoms with Crippen molar-refractivity contribution in [2.75, 3.05) is 11.9 Å². The van der Waals surface area contributed by atoms with Crippen LogP contribution in [0.2, 0.25) is 5.02 Å². The van der Waals surface area contributed by atoms with Crippen molar-refractivity contribution in [3.05, 3.63) is 28.8 Å². The van der Waals surface area contributed by atoms with E-state index in [2.05, 4.69) is 0 Å². The van der Waals surface area contributed by atoms with Gasteiger partial charge in [0.1, 0.15) is 5.82 Å². The zero-order chi connectivity index (χ0) is 14.8. The van der Waals surface area contributed by atoms with Gasteiger partial charge in [-0.2, -0.15) is 13.2 Å². The topological polar surface area (TPSA) is 49.3 Å². The molecule has 106 valence electrons. The minimum atomic E-state index is -5.00. The van der Waals surface area contributed by atoms with E-state index in [0.29, 0.717) is 12.1 Å². The first-order valence-electron chi connectivity index (χ1n) is 4.81. The fourth-order valence-electron chi connectivity index (χ4n) is 1.26. The van der Waals surface area contributed by atoms with Gasteiger partial charge in [0.2, 0.25) is 0 Å². The lowest BCUT2D eigenvalue weighted by Gasteiger charge is -2.18. The minimum absolute atomic E-state index is 0.414. The highest BCUT2D eigenvalue weighted by molar-refractivity contribution is 6.33. The van der Waals surface area contributed by atoms with Crippen molar-refractivity contribution >= 4 is 23.3 Å². The van der Waals surface area contributed by atoms with Crippen LogP contribution in [-0.4, -0.2) is 23.8 Å². The van der Waals surface area contributed by atoms with Crippen LogP contribution in [0.1, 0.15) is 0 Å². The molecule has 1 atom stereocenters. The Morgan fingerprint density at radius 2 is 1.95 bits per heavy atom. The summed E-state index contributed by atoms with van der Waals surface area (Å²) in [5.41, 5.74) is -0.585. The normalized spacial score (nSPS) is 13.2. The molecule has 0 spiro atoms. The van der Waals surface area contributed by atoms with Crippen LogP contribution < -0.4 is 5.32 Å². The highest BCUT2D eigenvalue weighted by atomic mass is 35.5. The molecule has 0 bridgehead atoms. The van der Waals surface area contributed by atoms with Crippen LogP contribution in [0.3, 0.4) is 0 Å². The van der Waals surface area contributed by atoms with Crippen LogP contribution in [0.15, 0.2) is 12.1 Å². The molecule has 1 unspecified atom stereocenters. The van der Waals surface area contributed by atoms with Crippen LogP contribution in [0.5, 0.6) is 0 Å². The van der Waals surface area contributed by atoms with Crippen molar-refractivity contribution < 1.29 is 31.9 Å². The zero-order valence-electron chi connectivity index (χ0n) is 9.06. The number of carboxylic acid groups (broad SMARTS) is 1. The largest absolute Gasteiger partial charge is 0.481 e. The molecule has 0 aliphatic rings. The fraction of sp³-hybridized carbons (Fsp3) is 0.300. The van der Waals surface area contributed by atoms with E-state index in [4.69, 9.17) is 16.7 Å². The third-order valence-electron chi connectivity index (χ3n) is 2.18. The van der Waals surface area contributed by atoms with Crippen molar-refractivity contribution in [2.24, 2.45) is 5.92 Å². The number of anilines is 1. The third-order valence-corrected chi connectivity index (χ3v) is 2.48. The first-order valence-corrected chi connectivity index (χ1v) is 5.18. The van der Waals surface area contributed by atoms with Crippen LogP contribution in [0.25, 0.3) is 0 Å². The maximum atomic E-state index is 13.2. The predicted octanol–water partition coefficient (Wildman–Crippen LogP) is 3.29. The summed E-state index contributed by atoms with van der Waals surface area (Å²) < 4.78 is 62.9. The molecule has 2 N–H and O–H groups in total. The molecule has 0 aromatic heterocycles. The summed E-state index contributed by atoms with van der Waals surface area (Å²) in [5.74, 6) is -7.05. The van der Waals surface area contributed by atoms with Gasteiger partial charge in [0.05, 0.1) is 10.7 Å². The molecule has 0 saturated carbocycles. The number of hydrogen-bond donors (Lipinski definition) is 2. The number of alkyl halides is 3. The van der Waals surface area contributed by atoms with Gasteiger partial charge in [-0.3, -0.25) is 4.79 Å². The van der Waals surface area contributed by atoms with Crippen molar-refractivity contribution in [1.82, 2.24) is 0 Å². The summed E-state index contributed by atoms with van der Waals surface area (Å²) >= 11 is 5.44. The van der Waals surface area contributed by atoms with Gasteiger partial charge in [-0.15, -0.1) is 0 Å². The van der Waals surface area contributed by atoms with Crippen molar-refractivity contribution in [1.29, 1.82) is 0 Å². The van der Waals surface area contributed by atoms with Gasteiger partial charge < -0.3 is 10.4 Å². The van der Waals surface area contributed by atoms with E-state index in [1.807, 2.05) is 5.32 Å². The molecule has 0 radical (unpaired) electrons. The van der Waals surface area contributed by atoms with E-state index >= 15 is 0 Å². The predicted molar refractivity (Wildman–Crippen MR) is 57.0 cm³/mol. The summed E-state index contributed by atoms with van der Waals surface area (Å²) in [5, 5.41) is 9.86. The summed E-state index contributed by atoms with van der Waals surface area (Å²) in [6.07, 6.45) is -5.00. The van der Waals surface area contributed by atoms with Gasteiger partial charge in [0, 0.05) is 12.6 Å². The number of halogens is 6. The van der Waals surface area contributed by atoms with Gasteiger partial charge in [0.25, 0.3) is 0 Å². The van der Waals surface area contributed by atoms with E-state index < -0.39 is 47.0 Å². The van der Waals surface area contributed by atoms with E-state index in [9.17, 15) is 26.7 Å². The fourth-order valence-corrected chi connectivity index (χ4v) is 1.52. The molecule has 0 amide bonds. The monoisotopic (exact) mass is 303 g/mol. The number of rotatable bonds is 4. The van der Waals surface area contributed by atoms with Crippen molar-refractivity contribution in [3.63, 3.8) is 0 Å².